The number of carbonyl (C=O) groups is 4. The van der Waals surface area contributed by atoms with Crippen LogP contribution in [0.5, 0.6) is 5.75 Å². The summed E-state index contributed by atoms with van der Waals surface area (Å²) in [5.41, 5.74) is 0.625. The smallest absolute Gasteiger partial charge is 0.337 e. The predicted molar refractivity (Wildman–Crippen MR) is 133 cm³/mol. The SMILES string of the molecule is CCCCCC/C=C\CCCCCCCC(=O)Oc1ccc(CC(=O)ON2C(=O)CCC2=O)cc1. The third-order valence-electron chi connectivity index (χ3n) is 5.85. The van der Waals surface area contributed by atoms with Gasteiger partial charge in [-0.15, -0.1) is 5.06 Å². The van der Waals surface area contributed by atoms with Gasteiger partial charge in [0.05, 0.1) is 6.42 Å². The number of esters is 1. The van der Waals surface area contributed by atoms with Gasteiger partial charge in [0.25, 0.3) is 11.8 Å². The lowest BCUT2D eigenvalue weighted by Crippen LogP contribution is -2.32. The Morgan fingerprint density at radius 1 is 0.800 bits per heavy atom. The normalized spacial score (nSPS) is 13.6. The maximum Gasteiger partial charge on any atom is 0.337 e. The first-order valence-corrected chi connectivity index (χ1v) is 13.0. The minimum absolute atomic E-state index is 0.0586. The van der Waals surface area contributed by atoms with Crippen molar-refractivity contribution in [1.82, 2.24) is 5.06 Å². The Labute approximate surface area is 208 Å². The van der Waals surface area contributed by atoms with Crippen LogP contribution in [0, 0.1) is 0 Å². The lowest BCUT2D eigenvalue weighted by atomic mass is 10.1. The van der Waals surface area contributed by atoms with E-state index in [1.54, 1.807) is 24.3 Å². The van der Waals surface area contributed by atoms with Crippen molar-refractivity contribution in [2.24, 2.45) is 0 Å². The fourth-order valence-corrected chi connectivity index (χ4v) is 3.80. The summed E-state index contributed by atoms with van der Waals surface area (Å²) in [6.07, 6.45) is 17.9. The Morgan fingerprint density at radius 3 is 2.00 bits per heavy atom. The van der Waals surface area contributed by atoms with Crippen LogP contribution in [0.25, 0.3) is 0 Å². The van der Waals surface area contributed by atoms with Crippen LogP contribution in [-0.2, 0) is 30.4 Å². The molecule has 0 spiro atoms. The molecule has 0 radical (unpaired) electrons. The van der Waals surface area contributed by atoms with Crippen molar-refractivity contribution in [2.75, 3.05) is 0 Å². The Balaban J connectivity index is 1.52. The molecule has 0 unspecified atom stereocenters. The van der Waals surface area contributed by atoms with Crippen LogP contribution in [0.2, 0.25) is 0 Å². The fourth-order valence-electron chi connectivity index (χ4n) is 3.80. The molecule has 2 amide bonds. The molecule has 35 heavy (non-hydrogen) atoms. The molecular formula is C28H39NO6. The lowest BCUT2D eigenvalue weighted by Gasteiger charge is -2.12. The van der Waals surface area contributed by atoms with Gasteiger partial charge in [-0.1, -0.05) is 69.7 Å². The molecule has 1 fully saturated rings. The van der Waals surface area contributed by atoms with Gasteiger partial charge in [0.15, 0.2) is 0 Å². The molecule has 1 aliphatic rings. The molecule has 0 aliphatic carbocycles. The zero-order chi connectivity index (χ0) is 25.3. The number of rotatable bonds is 17. The van der Waals surface area contributed by atoms with Crippen LogP contribution < -0.4 is 4.74 Å². The summed E-state index contributed by atoms with van der Waals surface area (Å²) in [4.78, 5) is 51.9. The van der Waals surface area contributed by atoms with Crippen molar-refractivity contribution in [3.63, 3.8) is 0 Å². The highest BCUT2D eigenvalue weighted by Gasteiger charge is 2.32. The molecule has 1 aliphatic heterocycles. The van der Waals surface area contributed by atoms with E-state index in [0.717, 1.165) is 25.7 Å². The molecule has 0 aromatic heterocycles. The summed E-state index contributed by atoms with van der Waals surface area (Å²) in [7, 11) is 0. The summed E-state index contributed by atoms with van der Waals surface area (Å²) >= 11 is 0. The third kappa shape index (κ3) is 11.8. The van der Waals surface area contributed by atoms with Crippen molar-refractivity contribution in [2.45, 2.75) is 103 Å². The van der Waals surface area contributed by atoms with E-state index >= 15 is 0 Å². The number of ether oxygens (including phenoxy) is 1. The van der Waals surface area contributed by atoms with E-state index in [1.807, 2.05) is 0 Å². The maximum atomic E-state index is 12.1. The molecule has 7 heteroatoms. The van der Waals surface area contributed by atoms with Gasteiger partial charge in [-0.05, 0) is 49.8 Å². The minimum Gasteiger partial charge on any atom is -0.427 e. The lowest BCUT2D eigenvalue weighted by molar-refractivity contribution is -0.197. The molecule has 2 rings (SSSR count). The van der Waals surface area contributed by atoms with Crippen LogP contribution in [0.15, 0.2) is 36.4 Å². The number of amides is 2. The van der Waals surface area contributed by atoms with Crippen molar-refractivity contribution < 1.29 is 28.8 Å². The topological polar surface area (TPSA) is 90.0 Å². The van der Waals surface area contributed by atoms with E-state index in [-0.39, 0.29) is 25.2 Å². The number of nitrogens with zero attached hydrogens (tertiary/aromatic N) is 1. The molecule has 0 atom stereocenters. The number of carbonyl (C=O) groups excluding carboxylic acids is 4. The highest BCUT2D eigenvalue weighted by Crippen LogP contribution is 2.17. The summed E-state index contributed by atoms with van der Waals surface area (Å²) < 4.78 is 5.36. The number of imide groups is 1. The zero-order valence-corrected chi connectivity index (χ0v) is 21.0. The number of hydrogen-bond acceptors (Lipinski definition) is 6. The van der Waals surface area contributed by atoms with Gasteiger partial charge in [-0.3, -0.25) is 14.4 Å². The average molecular weight is 486 g/mol. The second-order valence-electron chi connectivity index (χ2n) is 8.97. The van der Waals surface area contributed by atoms with Crippen LogP contribution in [-0.4, -0.2) is 28.8 Å². The molecule has 1 aromatic rings. The molecule has 1 aromatic carbocycles. The third-order valence-corrected chi connectivity index (χ3v) is 5.85. The van der Waals surface area contributed by atoms with Crippen LogP contribution in [0.3, 0.4) is 0 Å². The Morgan fingerprint density at radius 2 is 1.37 bits per heavy atom. The summed E-state index contributed by atoms with van der Waals surface area (Å²) in [6, 6.07) is 6.53. The number of unbranched alkanes of at least 4 members (excludes halogenated alkanes) is 9. The first-order valence-electron chi connectivity index (χ1n) is 13.0. The summed E-state index contributed by atoms with van der Waals surface area (Å²) in [6.45, 7) is 2.23. The van der Waals surface area contributed by atoms with Crippen LogP contribution in [0.4, 0.5) is 0 Å². The Bertz CT molecular complexity index is 830. The monoisotopic (exact) mass is 485 g/mol. The van der Waals surface area contributed by atoms with E-state index in [9.17, 15) is 19.2 Å². The second-order valence-corrected chi connectivity index (χ2v) is 8.97. The van der Waals surface area contributed by atoms with E-state index < -0.39 is 17.8 Å². The molecular weight excluding hydrogens is 446 g/mol. The Kier molecular flexibility index (Phi) is 13.4. The molecule has 1 saturated heterocycles. The maximum absolute atomic E-state index is 12.1. The summed E-state index contributed by atoms with van der Waals surface area (Å²) in [5, 5.41) is 0.534. The highest BCUT2D eigenvalue weighted by molar-refractivity contribution is 6.01. The minimum atomic E-state index is -0.697. The van der Waals surface area contributed by atoms with Gasteiger partial charge in [-0.25, -0.2) is 4.79 Å². The van der Waals surface area contributed by atoms with Crippen LogP contribution in [0.1, 0.15) is 102 Å². The number of allylic oxidation sites excluding steroid dienone is 2. The second kappa shape index (κ2) is 16.6. The largest absolute Gasteiger partial charge is 0.427 e. The van der Waals surface area contributed by atoms with Crippen LogP contribution >= 0.6 is 0 Å². The quantitative estimate of drug-likeness (QED) is 0.0884. The van der Waals surface area contributed by atoms with E-state index in [4.69, 9.17) is 9.57 Å². The van der Waals surface area contributed by atoms with Gasteiger partial charge < -0.3 is 9.57 Å². The van der Waals surface area contributed by atoms with Crippen molar-refractivity contribution in [1.29, 1.82) is 0 Å². The van der Waals surface area contributed by atoms with E-state index in [1.165, 1.54) is 44.9 Å². The van der Waals surface area contributed by atoms with E-state index in [0.29, 0.717) is 22.8 Å². The van der Waals surface area contributed by atoms with Gasteiger partial charge in [0.1, 0.15) is 5.75 Å². The average Bonchev–Trinajstić information content (AvgIpc) is 3.15. The van der Waals surface area contributed by atoms with Gasteiger partial charge in [-0.2, -0.15) is 0 Å². The van der Waals surface area contributed by atoms with Gasteiger partial charge >= 0.3 is 11.9 Å². The van der Waals surface area contributed by atoms with Gasteiger partial charge in [0, 0.05) is 19.3 Å². The molecule has 0 N–H and O–H groups in total. The highest BCUT2D eigenvalue weighted by atomic mass is 16.7. The van der Waals surface area contributed by atoms with Crippen molar-refractivity contribution >= 4 is 23.8 Å². The molecule has 7 nitrogen and oxygen atoms in total. The molecule has 1 heterocycles. The van der Waals surface area contributed by atoms with Gasteiger partial charge in [0.2, 0.25) is 0 Å². The molecule has 192 valence electrons. The predicted octanol–water partition coefficient (Wildman–Crippen LogP) is 6.00. The number of hydrogen-bond donors (Lipinski definition) is 0. The van der Waals surface area contributed by atoms with E-state index in [2.05, 4.69) is 19.1 Å². The number of hydroxylamine groups is 2. The Hall–Kier alpha value is -2.96. The molecule has 0 bridgehead atoms. The first kappa shape index (κ1) is 28.3. The van der Waals surface area contributed by atoms with Crippen molar-refractivity contribution in [3.05, 3.63) is 42.0 Å². The van der Waals surface area contributed by atoms with Crippen molar-refractivity contribution in [3.8, 4) is 5.75 Å². The molecule has 0 saturated carbocycles. The zero-order valence-electron chi connectivity index (χ0n) is 21.0. The summed E-state index contributed by atoms with van der Waals surface area (Å²) in [5.74, 6) is -1.57. The number of benzene rings is 1. The fraction of sp³-hybridized carbons (Fsp3) is 0.571. The standard InChI is InChI=1S/C28H39NO6/c1-2-3-4-5-6-7-8-9-10-11-12-13-14-15-27(32)34-24-18-16-23(17-19-24)22-28(33)35-29-25(30)20-21-26(29)31/h7-8,16-19H,2-6,9-15,20-22H2,1H3/b8-7-. The first-order chi connectivity index (χ1) is 17.0.